The van der Waals surface area contributed by atoms with Gasteiger partial charge < -0.3 is 24.4 Å². The van der Waals surface area contributed by atoms with E-state index >= 15 is 0 Å². The summed E-state index contributed by atoms with van der Waals surface area (Å²) in [4.78, 5) is 17.3. The van der Waals surface area contributed by atoms with Crippen LogP contribution in [0.4, 0.5) is 5.69 Å². The van der Waals surface area contributed by atoms with Gasteiger partial charge in [0.05, 0.1) is 27.5 Å². The van der Waals surface area contributed by atoms with Gasteiger partial charge in [0.25, 0.3) is 5.91 Å². The monoisotopic (exact) mass is 358 g/mol. The molecule has 7 nitrogen and oxygen atoms in total. The first kappa shape index (κ1) is 19.1. The Morgan fingerprint density at radius 1 is 1.00 bits per heavy atom. The molecule has 2 rings (SSSR count). The van der Waals surface area contributed by atoms with Crippen LogP contribution in [0.25, 0.3) is 0 Å². The number of hydrogen-bond acceptors (Lipinski definition) is 6. The molecular weight excluding hydrogens is 336 g/mol. The van der Waals surface area contributed by atoms with Crippen LogP contribution in [0.2, 0.25) is 0 Å². The molecule has 7 heteroatoms. The van der Waals surface area contributed by atoms with Crippen molar-refractivity contribution in [3.8, 4) is 17.2 Å². The Hall–Kier alpha value is -3.22. The van der Waals surface area contributed by atoms with E-state index in [0.29, 0.717) is 22.9 Å². The molecular formula is C19H22N2O5. The lowest BCUT2D eigenvalue weighted by Crippen LogP contribution is -2.26. The lowest BCUT2D eigenvalue weighted by atomic mass is 10.2. The van der Waals surface area contributed by atoms with Crippen LogP contribution in [0.5, 0.6) is 17.2 Å². The largest absolute Gasteiger partial charge is 0.497 e. The van der Waals surface area contributed by atoms with Crippen molar-refractivity contribution in [2.24, 2.45) is 5.16 Å². The van der Waals surface area contributed by atoms with E-state index in [1.54, 1.807) is 70.7 Å². The Balaban J connectivity index is 1.91. The lowest BCUT2D eigenvalue weighted by Gasteiger charge is -2.11. The lowest BCUT2D eigenvalue weighted by molar-refractivity contribution is -0.126. The minimum Gasteiger partial charge on any atom is -0.497 e. The van der Waals surface area contributed by atoms with Gasteiger partial charge in [-0.2, -0.15) is 0 Å². The molecule has 0 aromatic heterocycles. The number of methoxy groups -OCH3 is 3. The third-order valence-corrected chi connectivity index (χ3v) is 3.56. The van der Waals surface area contributed by atoms with Gasteiger partial charge in [-0.25, -0.2) is 0 Å². The molecule has 2 aromatic carbocycles. The molecule has 0 aliphatic carbocycles. The van der Waals surface area contributed by atoms with Gasteiger partial charge in [0.1, 0.15) is 5.75 Å². The van der Waals surface area contributed by atoms with Crippen molar-refractivity contribution in [2.45, 2.75) is 13.0 Å². The molecule has 1 unspecified atom stereocenters. The third-order valence-electron chi connectivity index (χ3n) is 3.56. The summed E-state index contributed by atoms with van der Waals surface area (Å²) >= 11 is 0. The van der Waals surface area contributed by atoms with Crippen molar-refractivity contribution in [1.82, 2.24) is 0 Å². The van der Waals surface area contributed by atoms with Crippen LogP contribution < -0.4 is 19.5 Å². The molecule has 1 amide bonds. The molecule has 0 saturated carbocycles. The second kappa shape index (κ2) is 9.31. The summed E-state index contributed by atoms with van der Waals surface area (Å²) in [5, 5.41) is 6.61. The van der Waals surface area contributed by atoms with E-state index in [1.807, 2.05) is 0 Å². The van der Waals surface area contributed by atoms with Gasteiger partial charge in [-0.15, -0.1) is 0 Å². The van der Waals surface area contributed by atoms with E-state index in [4.69, 9.17) is 19.0 Å². The SMILES string of the molecule is COc1ccc(NC(=O)C(C)O/N=C/c2ccc(OC)c(OC)c2)cc1. The van der Waals surface area contributed by atoms with Crippen LogP contribution in [-0.2, 0) is 9.63 Å². The van der Waals surface area contributed by atoms with Crippen molar-refractivity contribution in [1.29, 1.82) is 0 Å². The minimum absolute atomic E-state index is 0.306. The average molecular weight is 358 g/mol. The highest BCUT2D eigenvalue weighted by atomic mass is 16.6. The molecule has 0 bridgehead atoms. The number of nitrogens with one attached hydrogen (secondary N) is 1. The van der Waals surface area contributed by atoms with Crippen molar-refractivity contribution in [2.75, 3.05) is 26.6 Å². The smallest absolute Gasteiger partial charge is 0.267 e. The summed E-state index contributed by atoms with van der Waals surface area (Å²) in [6.45, 7) is 1.62. The fourth-order valence-corrected chi connectivity index (χ4v) is 2.08. The molecule has 0 aliphatic rings. The minimum atomic E-state index is -0.756. The number of oxime groups is 1. The highest BCUT2D eigenvalue weighted by molar-refractivity contribution is 5.94. The molecule has 1 atom stereocenters. The number of carbonyl (C=O) groups excluding carboxylic acids is 1. The van der Waals surface area contributed by atoms with Crippen LogP contribution >= 0.6 is 0 Å². The Morgan fingerprint density at radius 2 is 1.69 bits per heavy atom. The Labute approximate surface area is 152 Å². The van der Waals surface area contributed by atoms with Gasteiger partial charge in [0, 0.05) is 11.3 Å². The van der Waals surface area contributed by atoms with Crippen molar-refractivity contribution >= 4 is 17.8 Å². The quantitative estimate of drug-likeness (QED) is 0.579. The maximum Gasteiger partial charge on any atom is 0.267 e. The number of anilines is 1. The van der Waals surface area contributed by atoms with Crippen molar-refractivity contribution in [3.05, 3.63) is 48.0 Å². The zero-order chi connectivity index (χ0) is 18.9. The van der Waals surface area contributed by atoms with Gasteiger partial charge in [-0.3, -0.25) is 4.79 Å². The highest BCUT2D eigenvalue weighted by Gasteiger charge is 2.14. The van der Waals surface area contributed by atoms with E-state index in [-0.39, 0.29) is 5.91 Å². The molecule has 26 heavy (non-hydrogen) atoms. The fourth-order valence-electron chi connectivity index (χ4n) is 2.08. The van der Waals surface area contributed by atoms with Crippen LogP contribution in [0.15, 0.2) is 47.6 Å². The number of benzene rings is 2. The molecule has 0 radical (unpaired) electrons. The Kier molecular flexibility index (Phi) is 6.84. The van der Waals surface area contributed by atoms with Crippen LogP contribution in [-0.4, -0.2) is 39.6 Å². The van der Waals surface area contributed by atoms with E-state index in [1.165, 1.54) is 6.21 Å². The fraction of sp³-hybridized carbons (Fsp3) is 0.263. The number of amides is 1. The van der Waals surface area contributed by atoms with Crippen LogP contribution in [0.1, 0.15) is 12.5 Å². The first-order valence-corrected chi connectivity index (χ1v) is 7.93. The zero-order valence-electron chi connectivity index (χ0n) is 15.2. The molecule has 0 aliphatic heterocycles. The first-order valence-electron chi connectivity index (χ1n) is 7.93. The molecule has 0 saturated heterocycles. The second-order valence-electron chi connectivity index (χ2n) is 5.31. The molecule has 1 N–H and O–H groups in total. The molecule has 138 valence electrons. The second-order valence-corrected chi connectivity index (χ2v) is 5.31. The number of carbonyl (C=O) groups is 1. The van der Waals surface area contributed by atoms with Crippen molar-refractivity contribution in [3.63, 3.8) is 0 Å². The van der Waals surface area contributed by atoms with E-state index in [0.717, 1.165) is 5.56 Å². The molecule has 0 spiro atoms. The van der Waals surface area contributed by atoms with Crippen LogP contribution in [0.3, 0.4) is 0 Å². The normalized spacial score (nSPS) is 11.7. The van der Waals surface area contributed by atoms with Gasteiger partial charge in [-0.1, -0.05) is 5.16 Å². The molecule has 0 fully saturated rings. The first-order chi connectivity index (χ1) is 12.6. The summed E-state index contributed by atoms with van der Waals surface area (Å²) < 4.78 is 15.5. The highest BCUT2D eigenvalue weighted by Crippen LogP contribution is 2.26. The molecule has 0 heterocycles. The average Bonchev–Trinajstić information content (AvgIpc) is 2.68. The summed E-state index contributed by atoms with van der Waals surface area (Å²) in [5.74, 6) is 1.62. The summed E-state index contributed by atoms with van der Waals surface area (Å²) in [5.41, 5.74) is 1.40. The van der Waals surface area contributed by atoms with E-state index in [2.05, 4.69) is 10.5 Å². The number of hydrogen-bond donors (Lipinski definition) is 1. The van der Waals surface area contributed by atoms with Crippen molar-refractivity contribution < 1.29 is 23.8 Å². The standard InChI is InChI=1S/C19H22N2O5/c1-13(19(22)21-15-6-8-16(23-2)9-7-15)26-20-12-14-5-10-17(24-3)18(11-14)25-4/h5-13H,1-4H3,(H,21,22)/b20-12+. The Morgan fingerprint density at radius 3 is 2.31 bits per heavy atom. The molecule has 2 aromatic rings. The maximum absolute atomic E-state index is 12.1. The zero-order valence-corrected chi connectivity index (χ0v) is 15.2. The number of nitrogens with zero attached hydrogens (tertiary/aromatic N) is 1. The predicted octanol–water partition coefficient (Wildman–Crippen LogP) is 3.09. The maximum atomic E-state index is 12.1. The summed E-state index contributed by atoms with van der Waals surface area (Å²) in [6.07, 6.45) is 0.743. The van der Waals surface area contributed by atoms with E-state index < -0.39 is 6.10 Å². The predicted molar refractivity (Wildman–Crippen MR) is 99.3 cm³/mol. The van der Waals surface area contributed by atoms with Gasteiger partial charge in [0.15, 0.2) is 11.5 Å². The van der Waals surface area contributed by atoms with Gasteiger partial charge in [-0.05, 0) is 49.4 Å². The topological polar surface area (TPSA) is 78.4 Å². The van der Waals surface area contributed by atoms with E-state index in [9.17, 15) is 4.79 Å². The van der Waals surface area contributed by atoms with Crippen LogP contribution in [0, 0.1) is 0 Å². The van der Waals surface area contributed by atoms with Gasteiger partial charge in [0.2, 0.25) is 6.10 Å². The number of rotatable bonds is 8. The Bertz CT molecular complexity index is 759. The summed E-state index contributed by atoms with van der Waals surface area (Å²) in [6, 6.07) is 12.3. The third kappa shape index (κ3) is 5.14. The van der Waals surface area contributed by atoms with Gasteiger partial charge >= 0.3 is 0 Å². The summed E-state index contributed by atoms with van der Waals surface area (Å²) in [7, 11) is 4.71. The number of ether oxygens (including phenoxy) is 3.